The van der Waals surface area contributed by atoms with E-state index in [4.69, 9.17) is 14.4 Å². The number of piperidine rings is 1. The Morgan fingerprint density at radius 1 is 1.26 bits per heavy atom. The number of furan rings is 1. The normalized spacial score (nSPS) is 18.3. The van der Waals surface area contributed by atoms with Crippen LogP contribution in [0.3, 0.4) is 0 Å². The van der Waals surface area contributed by atoms with Crippen molar-refractivity contribution in [2.75, 3.05) is 18.0 Å². The molecule has 3 heterocycles. The topological polar surface area (TPSA) is 42.2 Å². The summed E-state index contributed by atoms with van der Waals surface area (Å²) < 4.78 is 6.10. The van der Waals surface area contributed by atoms with Gasteiger partial charge in [0.25, 0.3) is 0 Å². The first-order chi connectivity index (χ1) is 10.8. The predicted molar refractivity (Wildman–Crippen MR) is 89.3 cm³/mol. The van der Waals surface area contributed by atoms with Crippen molar-refractivity contribution in [3.63, 3.8) is 0 Å². The number of rotatable bonds is 2. The number of benzene rings is 1. The largest absolute Gasteiger partial charge is 1.00 e. The molecule has 0 N–H and O–H groups in total. The van der Waals surface area contributed by atoms with Crippen LogP contribution in [0.2, 0.25) is 0 Å². The lowest BCUT2D eigenvalue weighted by Gasteiger charge is -2.31. The number of hydrogen-bond acceptors (Lipinski definition) is 4. The Bertz CT molecular complexity index is 830. The van der Waals surface area contributed by atoms with E-state index in [0.717, 1.165) is 53.2 Å². The van der Waals surface area contributed by atoms with Gasteiger partial charge in [-0.3, -0.25) is 0 Å². The SMILES string of the molecule is CCc1nc(N2CCCC(C)C2)c2oc3ccccc3c2n1.[Cl-]. The van der Waals surface area contributed by atoms with Gasteiger partial charge in [-0.05, 0) is 30.9 Å². The van der Waals surface area contributed by atoms with E-state index in [0.29, 0.717) is 5.92 Å². The van der Waals surface area contributed by atoms with Gasteiger partial charge in [0.15, 0.2) is 11.4 Å². The van der Waals surface area contributed by atoms with Gasteiger partial charge in [-0.2, -0.15) is 0 Å². The molecule has 1 atom stereocenters. The minimum absolute atomic E-state index is 0. The maximum absolute atomic E-state index is 6.10. The highest BCUT2D eigenvalue weighted by Gasteiger charge is 2.23. The van der Waals surface area contributed by atoms with Crippen molar-refractivity contribution in [1.82, 2.24) is 9.97 Å². The van der Waals surface area contributed by atoms with Crippen molar-refractivity contribution in [2.24, 2.45) is 5.92 Å². The van der Waals surface area contributed by atoms with E-state index in [1.54, 1.807) is 0 Å². The summed E-state index contributed by atoms with van der Waals surface area (Å²) in [4.78, 5) is 11.9. The van der Waals surface area contributed by atoms with Crippen LogP contribution in [0, 0.1) is 5.92 Å². The Labute approximate surface area is 142 Å². The molecule has 0 amide bonds. The maximum Gasteiger partial charge on any atom is 0.196 e. The van der Waals surface area contributed by atoms with Crippen LogP contribution >= 0.6 is 0 Å². The molecule has 1 aliphatic heterocycles. The van der Waals surface area contributed by atoms with Gasteiger partial charge in [0.05, 0.1) is 0 Å². The number of aromatic nitrogens is 2. The molecule has 2 aromatic heterocycles. The van der Waals surface area contributed by atoms with Crippen LogP contribution in [0.1, 0.15) is 32.5 Å². The Hall–Kier alpha value is -1.81. The van der Waals surface area contributed by atoms with Crippen molar-refractivity contribution >= 4 is 27.9 Å². The summed E-state index contributed by atoms with van der Waals surface area (Å²) in [5, 5.41) is 1.08. The average Bonchev–Trinajstić information content (AvgIpc) is 2.92. The molecular formula is C18H21ClN3O-. The van der Waals surface area contributed by atoms with Crippen molar-refractivity contribution in [2.45, 2.75) is 33.1 Å². The van der Waals surface area contributed by atoms with Crippen LogP contribution in [0.5, 0.6) is 0 Å². The summed E-state index contributed by atoms with van der Waals surface area (Å²) in [6.07, 6.45) is 3.35. The molecule has 4 nitrogen and oxygen atoms in total. The second-order valence-electron chi connectivity index (χ2n) is 6.29. The summed E-state index contributed by atoms with van der Waals surface area (Å²) in [6.45, 7) is 6.51. The van der Waals surface area contributed by atoms with E-state index >= 15 is 0 Å². The average molecular weight is 331 g/mol. The minimum Gasteiger partial charge on any atom is -1.00 e. The van der Waals surface area contributed by atoms with Crippen LogP contribution < -0.4 is 17.3 Å². The molecular weight excluding hydrogens is 310 g/mol. The number of halogens is 1. The fourth-order valence-corrected chi connectivity index (χ4v) is 3.38. The van der Waals surface area contributed by atoms with Gasteiger partial charge >= 0.3 is 0 Å². The number of anilines is 1. The molecule has 23 heavy (non-hydrogen) atoms. The predicted octanol–water partition coefficient (Wildman–Crippen LogP) is 1.18. The molecule has 0 aliphatic carbocycles. The summed E-state index contributed by atoms with van der Waals surface area (Å²) in [6, 6.07) is 8.12. The Morgan fingerprint density at radius 3 is 2.87 bits per heavy atom. The molecule has 1 saturated heterocycles. The Kier molecular flexibility index (Phi) is 4.44. The number of hydrogen-bond donors (Lipinski definition) is 0. The second kappa shape index (κ2) is 6.36. The standard InChI is InChI=1S/C18H21N3O.ClH/c1-3-15-19-16-13-8-4-5-9-14(13)22-17(16)18(20-15)21-10-6-7-12(2)11-21;/h4-5,8-9,12H,3,6-7,10-11H2,1-2H3;1H/p-1. The van der Waals surface area contributed by atoms with E-state index in [1.165, 1.54) is 12.8 Å². The summed E-state index contributed by atoms with van der Waals surface area (Å²) in [5.41, 5.74) is 2.69. The zero-order valence-electron chi connectivity index (χ0n) is 13.6. The number of fused-ring (bicyclic) bond motifs is 3. The first kappa shape index (κ1) is 16.1. The van der Waals surface area contributed by atoms with Crippen LogP contribution in [0.15, 0.2) is 28.7 Å². The summed E-state index contributed by atoms with van der Waals surface area (Å²) in [7, 11) is 0. The van der Waals surface area contributed by atoms with Crippen LogP contribution in [0.4, 0.5) is 5.82 Å². The quantitative estimate of drug-likeness (QED) is 0.707. The highest BCUT2D eigenvalue weighted by Crippen LogP contribution is 2.34. The molecule has 0 saturated carbocycles. The lowest BCUT2D eigenvalue weighted by atomic mass is 10.0. The van der Waals surface area contributed by atoms with Gasteiger partial charge in [0.2, 0.25) is 0 Å². The highest BCUT2D eigenvalue weighted by atomic mass is 35.5. The van der Waals surface area contributed by atoms with Crippen molar-refractivity contribution in [3.05, 3.63) is 30.1 Å². The lowest BCUT2D eigenvalue weighted by molar-refractivity contribution is -0.00000516. The van der Waals surface area contributed by atoms with Gasteiger partial charge in [-0.15, -0.1) is 0 Å². The molecule has 1 aromatic carbocycles. The third kappa shape index (κ3) is 2.76. The van der Waals surface area contributed by atoms with E-state index in [2.05, 4.69) is 24.8 Å². The number of aryl methyl sites for hydroxylation is 1. The van der Waals surface area contributed by atoms with E-state index in [9.17, 15) is 0 Å². The van der Waals surface area contributed by atoms with E-state index in [1.807, 2.05) is 18.2 Å². The molecule has 1 fully saturated rings. The van der Waals surface area contributed by atoms with Crippen LogP contribution in [-0.2, 0) is 6.42 Å². The molecule has 1 unspecified atom stereocenters. The molecule has 5 heteroatoms. The van der Waals surface area contributed by atoms with Crippen LogP contribution in [0.25, 0.3) is 22.1 Å². The van der Waals surface area contributed by atoms with Gasteiger partial charge in [-0.25, -0.2) is 9.97 Å². The molecule has 122 valence electrons. The number of nitrogens with zero attached hydrogens (tertiary/aromatic N) is 3. The molecule has 0 spiro atoms. The third-order valence-electron chi connectivity index (χ3n) is 4.52. The smallest absolute Gasteiger partial charge is 0.196 e. The molecule has 1 aliphatic rings. The molecule has 0 bridgehead atoms. The second-order valence-corrected chi connectivity index (χ2v) is 6.29. The van der Waals surface area contributed by atoms with Gasteiger partial charge in [0, 0.05) is 24.9 Å². The minimum atomic E-state index is 0. The lowest BCUT2D eigenvalue weighted by Crippen LogP contribution is -3.00. The van der Waals surface area contributed by atoms with Gasteiger partial charge in [-0.1, -0.05) is 26.0 Å². The molecule has 4 rings (SSSR count). The van der Waals surface area contributed by atoms with Crippen molar-refractivity contribution in [3.8, 4) is 0 Å². The van der Waals surface area contributed by atoms with Gasteiger partial charge < -0.3 is 21.7 Å². The molecule has 0 radical (unpaired) electrons. The zero-order valence-corrected chi connectivity index (χ0v) is 14.3. The Balaban J connectivity index is 0.00000156. The monoisotopic (exact) mass is 330 g/mol. The Morgan fingerprint density at radius 2 is 2.09 bits per heavy atom. The van der Waals surface area contributed by atoms with E-state index < -0.39 is 0 Å². The zero-order chi connectivity index (χ0) is 15.1. The highest BCUT2D eigenvalue weighted by molar-refractivity contribution is 6.05. The summed E-state index contributed by atoms with van der Waals surface area (Å²) >= 11 is 0. The van der Waals surface area contributed by atoms with Crippen molar-refractivity contribution in [1.29, 1.82) is 0 Å². The third-order valence-corrected chi connectivity index (χ3v) is 4.52. The van der Waals surface area contributed by atoms with Crippen molar-refractivity contribution < 1.29 is 16.8 Å². The maximum atomic E-state index is 6.10. The first-order valence-corrected chi connectivity index (χ1v) is 8.19. The van der Waals surface area contributed by atoms with Gasteiger partial charge in [0.1, 0.15) is 16.9 Å². The fourth-order valence-electron chi connectivity index (χ4n) is 3.38. The van der Waals surface area contributed by atoms with E-state index in [-0.39, 0.29) is 12.4 Å². The summed E-state index contributed by atoms with van der Waals surface area (Å²) in [5.74, 6) is 2.57. The fraction of sp³-hybridized carbons (Fsp3) is 0.444. The number of para-hydroxylation sites is 1. The van der Waals surface area contributed by atoms with Crippen LogP contribution in [-0.4, -0.2) is 23.1 Å². The molecule has 3 aromatic rings. The first-order valence-electron chi connectivity index (χ1n) is 8.19.